The number of hydrogen-bond donors (Lipinski definition) is 2. The second-order valence-corrected chi connectivity index (χ2v) is 7.31. The van der Waals surface area contributed by atoms with E-state index in [-0.39, 0.29) is 10.7 Å². The first-order chi connectivity index (χ1) is 11.8. The Morgan fingerprint density at radius 2 is 1.84 bits per heavy atom. The van der Waals surface area contributed by atoms with Gasteiger partial charge in [0.2, 0.25) is 15.8 Å². The number of sulfonamides is 1. The van der Waals surface area contributed by atoms with Gasteiger partial charge in [0.15, 0.2) is 11.3 Å². The fraction of sp³-hybridized carbons (Fsp3) is 0.200. The van der Waals surface area contributed by atoms with Crippen LogP contribution < -0.4 is 10.5 Å². The molecule has 0 atom stereocenters. The fourth-order valence-corrected chi connectivity index (χ4v) is 2.69. The van der Waals surface area contributed by atoms with Crippen molar-refractivity contribution in [2.45, 2.75) is 11.3 Å². The average molecular weight is 431 g/mol. The minimum atomic E-state index is -3.72. The number of primary sulfonamides is 1. The number of amides is 1. The number of halogens is 1. The van der Waals surface area contributed by atoms with Gasteiger partial charge in [-0.05, 0) is 52.2 Å². The highest BCUT2D eigenvalue weighted by atomic mass is 79.9. The van der Waals surface area contributed by atoms with Gasteiger partial charge >= 0.3 is 5.97 Å². The molecule has 0 radical (unpaired) electrons. The number of esters is 1. The normalized spacial score (nSPS) is 11.1. The summed E-state index contributed by atoms with van der Waals surface area (Å²) in [4.78, 5) is 23.3. The quantitative estimate of drug-likeness (QED) is 0.634. The second-order valence-electron chi connectivity index (χ2n) is 4.97. The zero-order valence-electron chi connectivity index (χ0n) is 12.9. The lowest BCUT2D eigenvalue weighted by Gasteiger charge is -2.06. The van der Waals surface area contributed by atoms with Gasteiger partial charge in [-0.3, -0.25) is 4.79 Å². The van der Waals surface area contributed by atoms with Crippen LogP contribution in [0.15, 0.2) is 50.4 Å². The van der Waals surface area contributed by atoms with Crippen LogP contribution in [0.4, 0.5) is 0 Å². The number of furan rings is 1. The molecule has 0 saturated heterocycles. The van der Waals surface area contributed by atoms with Crippen molar-refractivity contribution >= 4 is 37.8 Å². The van der Waals surface area contributed by atoms with E-state index in [0.29, 0.717) is 17.6 Å². The Labute approximate surface area is 152 Å². The summed E-state index contributed by atoms with van der Waals surface area (Å²) in [6, 6.07) is 8.99. The molecule has 0 aliphatic carbocycles. The third-order valence-corrected chi connectivity index (χ3v) is 4.45. The van der Waals surface area contributed by atoms with Gasteiger partial charge in [0.05, 0.1) is 4.90 Å². The molecule has 25 heavy (non-hydrogen) atoms. The van der Waals surface area contributed by atoms with Crippen molar-refractivity contribution in [1.29, 1.82) is 0 Å². The molecule has 1 heterocycles. The van der Waals surface area contributed by atoms with Crippen molar-refractivity contribution in [1.82, 2.24) is 5.32 Å². The monoisotopic (exact) mass is 430 g/mol. The van der Waals surface area contributed by atoms with E-state index >= 15 is 0 Å². The number of nitrogens with two attached hydrogens (primary N) is 1. The van der Waals surface area contributed by atoms with Crippen molar-refractivity contribution in [3.05, 3.63) is 52.4 Å². The second kappa shape index (κ2) is 8.28. The Morgan fingerprint density at radius 3 is 2.40 bits per heavy atom. The average Bonchev–Trinajstić information content (AvgIpc) is 2.99. The van der Waals surface area contributed by atoms with Crippen LogP contribution in [0.25, 0.3) is 0 Å². The molecule has 0 fully saturated rings. The highest BCUT2D eigenvalue weighted by Crippen LogP contribution is 2.14. The Bertz CT molecular complexity index is 860. The zero-order valence-corrected chi connectivity index (χ0v) is 15.3. The molecule has 2 aromatic rings. The van der Waals surface area contributed by atoms with Gasteiger partial charge in [-0.25, -0.2) is 18.4 Å². The summed E-state index contributed by atoms with van der Waals surface area (Å²) in [6.45, 7) is -0.126. The summed E-state index contributed by atoms with van der Waals surface area (Å²) < 4.78 is 32.5. The summed E-state index contributed by atoms with van der Waals surface area (Å²) in [6.07, 6.45) is 0.482. The molecule has 0 aliphatic heterocycles. The molecule has 2 rings (SSSR count). The molecule has 0 spiro atoms. The highest BCUT2D eigenvalue weighted by molar-refractivity contribution is 9.10. The molecule has 3 N–H and O–H groups in total. The van der Waals surface area contributed by atoms with Gasteiger partial charge < -0.3 is 14.5 Å². The minimum Gasteiger partial charge on any atom is -0.450 e. The maximum Gasteiger partial charge on any atom is 0.374 e. The van der Waals surface area contributed by atoms with Crippen LogP contribution in [-0.4, -0.2) is 33.4 Å². The molecule has 8 nitrogen and oxygen atoms in total. The van der Waals surface area contributed by atoms with Crippen LogP contribution in [0, 0.1) is 0 Å². The lowest BCUT2D eigenvalue weighted by atomic mass is 10.1. The number of carbonyl (C=O) groups excluding carboxylic acids is 2. The van der Waals surface area contributed by atoms with Crippen LogP contribution in [-0.2, 0) is 26.0 Å². The van der Waals surface area contributed by atoms with Crippen LogP contribution in [0.5, 0.6) is 0 Å². The van der Waals surface area contributed by atoms with Crippen LogP contribution in [0.2, 0.25) is 0 Å². The first kappa shape index (κ1) is 19.2. The zero-order chi connectivity index (χ0) is 18.4. The standard InChI is InChI=1S/C15H15BrN2O6S/c16-13-6-5-12(24-13)15(20)23-9-14(19)18-8-7-10-1-3-11(4-2-10)25(17,21)22/h1-6H,7-9H2,(H,18,19)(H2,17,21,22). The lowest BCUT2D eigenvalue weighted by Crippen LogP contribution is -2.30. The van der Waals surface area contributed by atoms with Crippen LogP contribution in [0.1, 0.15) is 16.1 Å². The number of nitrogens with one attached hydrogen (secondary N) is 1. The Hall–Kier alpha value is -2.17. The molecule has 134 valence electrons. The van der Waals surface area contributed by atoms with E-state index in [4.69, 9.17) is 14.3 Å². The first-order valence-electron chi connectivity index (χ1n) is 7.06. The number of benzene rings is 1. The molecule has 1 aromatic carbocycles. The summed E-state index contributed by atoms with van der Waals surface area (Å²) in [5.74, 6) is -1.20. The van der Waals surface area contributed by atoms with Crippen molar-refractivity contribution in [3.8, 4) is 0 Å². The van der Waals surface area contributed by atoms with Gasteiger partial charge in [-0.15, -0.1) is 0 Å². The summed E-state index contributed by atoms with van der Waals surface area (Å²) in [5, 5.41) is 7.60. The van der Waals surface area contributed by atoms with Crippen molar-refractivity contribution in [3.63, 3.8) is 0 Å². The summed E-state index contributed by atoms with van der Waals surface area (Å²) >= 11 is 3.06. The fourth-order valence-electron chi connectivity index (χ4n) is 1.87. The Kier molecular flexibility index (Phi) is 6.34. The lowest BCUT2D eigenvalue weighted by molar-refractivity contribution is -0.124. The Balaban J connectivity index is 1.72. The minimum absolute atomic E-state index is 0.00498. The molecular weight excluding hydrogens is 416 g/mol. The third kappa shape index (κ3) is 6.00. The molecule has 0 unspecified atom stereocenters. The molecule has 1 aromatic heterocycles. The topological polar surface area (TPSA) is 129 Å². The van der Waals surface area contributed by atoms with Gasteiger partial charge in [0.25, 0.3) is 5.91 Å². The molecule has 0 aliphatic rings. The number of carbonyl (C=O) groups is 2. The maximum atomic E-state index is 11.6. The van der Waals surface area contributed by atoms with E-state index in [0.717, 1.165) is 5.56 Å². The predicted molar refractivity (Wildman–Crippen MR) is 91.2 cm³/mol. The van der Waals surface area contributed by atoms with E-state index in [2.05, 4.69) is 21.2 Å². The highest BCUT2D eigenvalue weighted by Gasteiger charge is 2.14. The SMILES string of the molecule is NS(=O)(=O)c1ccc(CCNC(=O)COC(=O)c2ccc(Br)o2)cc1. The van der Waals surface area contributed by atoms with E-state index < -0.39 is 28.5 Å². The van der Waals surface area contributed by atoms with Crippen LogP contribution >= 0.6 is 15.9 Å². The summed E-state index contributed by atoms with van der Waals surface area (Å²) in [7, 11) is -3.72. The van der Waals surface area contributed by atoms with Gasteiger partial charge in [-0.2, -0.15) is 0 Å². The molecule has 10 heteroatoms. The smallest absolute Gasteiger partial charge is 0.374 e. The Morgan fingerprint density at radius 1 is 1.16 bits per heavy atom. The van der Waals surface area contributed by atoms with Gasteiger partial charge in [-0.1, -0.05) is 12.1 Å². The van der Waals surface area contributed by atoms with E-state index in [1.165, 1.54) is 24.3 Å². The summed E-state index contributed by atoms with van der Waals surface area (Å²) in [5.41, 5.74) is 0.824. The first-order valence-corrected chi connectivity index (χ1v) is 9.40. The number of ether oxygens (including phenoxy) is 1. The van der Waals surface area contributed by atoms with Crippen LogP contribution in [0.3, 0.4) is 0 Å². The van der Waals surface area contributed by atoms with Gasteiger partial charge in [0.1, 0.15) is 0 Å². The van der Waals surface area contributed by atoms with Crippen molar-refractivity contribution in [2.75, 3.05) is 13.2 Å². The maximum absolute atomic E-state index is 11.6. The van der Waals surface area contributed by atoms with E-state index in [1.54, 1.807) is 12.1 Å². The molecule has 0 saturated carbocycles. The van der Waals surface area contributed by atoms with E-state index in [1.807, 2.05) is 0 Å². The molecule has 0 bridgehead atoms. The molecular formula is C15H15BrN2O6S. The number of rotatable bonds is 7. The van der Waals surface area contributed by atoms with Crippen molar-refractivity contribution in [2.24, 2.45) is 5.14 Å². The van der Waals surface area contributed by atoms with E-state index in [9.17, 15) is 18.0 Å². The van der Waals surface area contributed by atoms with Crippen molar-refractivity contribution < 1.29 is 27.2 Å². The third-order valence-electron chi connectivity index (χ3n) is 3.10. The largest absolute Gasteiger partial charge is 0.450 e. The number of hydrogen-bond acceptors (Lipinski definition) is 6. The predicted octanol–water partition coefficient (Wildman–Crippen LogP) is 1.21. The van der Waals surface area contributed by atoms with Gasteiger partial charge in [0, 0.05) is 6.54 Å². The molecule has 1 amide bonds.